The Morgan fingerprint density at radius 3 is 2.47 bits per heavy atom. The number of aromatic nitrogens is 2. The first-order valence-electron chi connectivity index (χ1n) is 9.96. The molecule has 0 saturated carbocycles. The lowest BCUT2D eigenvalue weighted by Crippen LogP contribution is -2.30. The summed E-state index contributed by atoms with van der Waals surface area (Å²) in [5.74, 6) is -0.426. The predicted molar refractivity (Wildman–Crippen MR) is 123 cm³/mol. The highest BCUT2D eigenvalue weighted by atomic mass is 16.6. The van der Waals surface area contributed by atoms with Gasteiger partial charge in [-0.25, -0.2) is 9.97 Å². The van der Waals surface area contributed by atoms with Crippen molar-refractivity contribution in [3.05, 3.63) is 94.8 Å². The summed E-state index contributed by atoms with van der Waals surface area (Å²) in [6.45, 7) is 2.32. The minimum absolute atomic E-state index is 0.108. The predicted octanol–water partition coefficient (Wildman–Crippen LogP) is 4.45. The lowest BCUT2D eigenvalue weighted by molar-refractivity contribution is -0.383. The van der Waals surface area contributed by atoms with Crippen molar-refractivity contribution in [2.24, 2.45) is 0 Å². The van der Waals surface area contributed by atoms with E-state index in [1.807, 2.05) is 49.4 Å². The van der Waals surface area contributed by atoms with Gasteiger partial charge in [0.05, 0.1) is 10.6 Å². The lowest BCUT2D eigenvalue weighted by atomic mass is 10.1. The van der Waals surface area contributed by atoms with Crippen LogP contribution in [0, 0.1) is 10.1 Å². The molecule has 4 rings (SSSR count). The molecule has 0 aliphatic rings. The largest absolute Gasteiger partial charge is 0.355 e. The molecule has 1 aromatic heterocycles. The number of fused-ring (bicyclic) bond motifs is 1. The van der Waals surface area contributed by atoms with E-state index in [0.717, 1.165) is 16.5 Å². The number of rotatable bonds is 7. The molecule has 0 fully saturated rings. The second-order valence-corrected chi connectivity index (χ2v) is 6.84. The SMILES string of the molecule is CCN(c1ncnc(NNC(=O)c2ccccc2)c1[N+](=O)[O-])c1cccc2ccccc12. The summed E-state index contributed by atoms with van der Waals surface area (Å²) in [7, 11) is 0. The van der Waals surface area contributed by atoms with Crippen molar-refractivity contribution < 1.29 is 9.72 Å². The summed E-state index contributed by atoms with van der Waals surface area (Å²) >= 11 is 0. The molecule has 9 nitrogen and oxygen atoms in total. The smallest absolute Gasteiger partial charge is 0.320 e. The fourth-order valence-electron chi connectivity index (χ4n) is 3.48. The Kier molecular flexibility index (Phi) is 5.89. The van der Waals surface area contributed by atoms with E-state index < -0.39 is 10.8 Å². The van der Waals surface area contributed by atoms with Crippen molar-refractivity contribution in [3.8, 4) is 0 Å². The Morgan fingerprint density at radius 1 is 1.00 bits per heavy atom. The monoisotopic (exact) mass is 428 g/mol. The highest BCUT2D eigenvalue weighted by Gasteiger charge is 2.28. The molecule has 0 atom stereocenters. The number of anilines is 3. The molecule has 0 unspecified atom stereocenters. The van der Waals surface area contributed by atoms with Crippen LogP contribution in [0.15, 0.2) is 79.1 Å². The molecule has 0 aliphatic carbocycles. The van der Waals surface area contributed by atoms with Gasteiger partial charge in [0.2, 0.25) is 11.6 Å². The van der Waals surface area contributed by atoms with Crippen molar-refractivity contribution in [3.63, 3.8) is 0 Å². The normalized spacial score (nSPS) is 10.5. The Balaban J connectivity index is 1.72. The van der Waals surface area contributed by atoms with Crippen LogP contribution in [0.2, 0.25) is 0 Å². The van der Waals surface area contributed by atoms with Gasteiger partial charge in [-0.15, -0.1) is 0 Å². The summed E-state index contributed by atoms with van der Waals surface area (Å²) in [4.78, 5) is 33.8. The number of nitrogens with one attached hydrogen (secondary N) is 2. The first-order chi connectivity index (χ1) is 15.6. The topological polar surface area (TPSA) is 113 Å². The maximum Gasteiger partial charge on any atom is 0.355 e. The summed E-state index contributed by atoms with van der Waals surface area (Å²) in [6.07, 6.45) is 1.23. The number of carbonyl (C=O) groups is 1. The molecule has 32 heavy (non-hydrogen) atoms. The molecule has 0 radical (unpaired) electrons. The molecule has 3 aromatic carbocycles. The minimum Gasteiger partial charge on any atom is -0.320 e. The van der Waals surface area contributed by atoms with Gasteiger partial charge in [-0.1, -0.05) is 54.6 Å². The van der Waals surface area contributed by atoms with Gasteiger partial charge in [0.25, 0.3) is 5.91 Å². The first kappa shape index (κ1) is 20.7. The highest BCUT2D eigenvalue weighted by Crippen LogP contribution is 2.38. The van der Waals surface area contributed by atoms with Crippen LogP contribution in [-0.2, 0) is 0 Å². The molecule has 9 heteroatoms. The maximum atomic E-state index is 12.3. The average molecular weight is 428 g/mol. The van der Waals surface area contributed by atoms with E-state index in [4.69, 9.17) is 0 Å². The molecular formula is C23H20N6O3. The van der Waals surface area contributed by atoms with E-state index in [1.165, 1.54) is 6.33 Å². The Hall–Kier alpha value is -4.53. The zero-order valence-corrected chi connectivity index (χ0v) is 17.2. The number of hydrazine groups is 1. The van der Waals surface area contributed by atoms with E-state index >= 15 is 0 Å². The van der Waals surface area contributed by atoms with E-state index in [-0.39, 0.29) is 17.3 Å². The minimum atomic E-state index is -0.555. The quantitative estimate of drug-likeness (QED) is 0.330. The van der Waals surface area contributed by atoms with Gasteiger partial charge in [0.1, 0.15) is 6.33 Å². The van der Waals surface area contributed by atoms with E-state index in [1.54, 1.807) is 35.2 Å². The van der Waals surface area contributed by atoms with E-state index in [9.17, 15) is 14.9 Å². The molecule has 1 heterocycles. The molecule has 4 aromatic rings. The lowest BCUT2D eigenvalue weighted by Gasteiger charge is -2.24. The summed E-state index contributed by atoms with van der Waals surface area (Å²) in [6, 6.07) is 22.1. The number of hydrogen-bond acceptors (Lipinski definition) is 7. The van der Waals surface area contributed by atoms with Crippen LogP contribution in [0.4, 0.5) is 23.0 Å². The van der Waals surface area contributed by atoms with Crippen molar-refractivity contribution >= 4 is 39.7 Å². The zero-order valence-electron chi connectivity index (χ0n) is 17.2. The van der Waals surface area contributed by atoms with Crippen LogP contribution >= 0.6 is 0 Å². The Labute approximate surface area is 183 Å². The number of hydrogen-bond donors (Lipinski definition) is 2. The third-order valence-electron chi connectivity index (χ3n) is 4.95. The summed E-state index contributed by atoms with van der Waals surface area (Å²) in [5, 5.41) is 14.0. The second-order valence-electron chi connectivity index (χ2n) is 6.84. The fraction of sp³-hybridized carbons (Fsp3) is 0.0870. The fourth-order valence-corrected chi connectivity index (χ4v) is 3.48. The molecular weight excluding hydrogens is 408 g/mol. The van der Waals surface area contributed by atoms with Crippen LogP contribution < -0.4 is 15.8 Å². The van der Waals surface area contributed by atoms with Gasteiger partial charge >= 0.3 is 5.69 Å². The van der Waals surface area contributed by atoms with Crippen molar-refractivity contribution in [1.29, 1.82) is 0 Å². The molecule has 160 valence electrons. The zero-order chi connectivity index (χ0) is 22.5. The molecule has 1 amide bonds. The molecule has 0 spiro atoms. The summed E-state index contributed by atoms with van der Waals surface area (Å²) < 4.78 is 0. The van der Waals surface area contributed by atoms with Crippen LogP contribution in [0.25, 0.3) is 10.8 Å². The van der Waals surface area contributed by atoms with Crippen molar-refractivity contribution in [1.82, 2.24) is 15.4 Å². The van der Waals surface area contributed by atoms with Gasteiger partial charge in [-0.3, -0.25) is 25.8 Å². The Bertz CT molecular complexity index is 1270. The number of carbonyl (C=O) groups excluding carboxylic acids is 1. The third kappa shape index (κ3) is 4.04. The van der Waals surface area contributed by atoms with Gasteiger partial charge in [-0.05, 0) is 30.5 Å². The van der Waals surface area contributed by atoms with Gasteiger partial charge in [0, 0.05) is 17.5 Å². The van der Waals surface area contributed by atoms with E-state index in [2.05, 4.69) is 20.8 Å². The van der Waals surface area contributed by atoms with Gasteiger partial charge in [0.15, 0.2) is 0 Å². The first-order valence-corrected chi connectivity index (χ1v) is 9.96. The molecule has 0 saturated heterocycles. The Morgan fingerprint density at radius 2 is 1.72 bits per heavy atom. The molecule has 2 N–H and O–H groups in total. The average Bonchev–Trinajstić information content (AvgIpc) is 2.83. The summed E-state index contributed by atoms with van der Waals surface area (Å²) in [5.41, 5.74) is 5.90. The second kappa shape index (κ2) is 9.09. The molecule has 0 bridgehead atoms. The van der Waals surface area contributed by atoms with Gasteiger partial charge < -0.3 is 4.90 Å². The standard InChI is InChI=1S/C23H20N6O3/c1-2-28(19-14-8-12-16-9-6-7-13-18(16)19)22-20(29(31)32)21(24-15-25-22)26-27-23(30)17-10-4-3-5-11-17/h3-15H,2H2,1H3,(H,27,30)(H,24,25,26). The third-order valence-corrected chi connectivity index (χ3v) is 4.95. The van der Waals surface area contributed by atoms with Crippen LogP contribution in [-0.4, -0.2) is 27.3 Å². The number of nitrogens with zero attached hydrogens (tertiary/aromatic N) is 4. The number of benzene rings is 3. The maximum absolute atomic E-state index is 12.3. The van der Waals surface area contributed by atoms with Crippen molar-refractivity contribution in [2.45, 2.75) is 6.92 Å². The number of amides is 1. The number of nitro groups is 1. The highest BCUT2D eigenvalue weighted by molar-refractivity contribution is 5.97. The van der Waals surface area contributed by atoms with Crippen LogP contribution in [0.1, 0.15) is 17.3 Å². The van der Waals surface area contributed by atoms with Crippen molar-refractivity contribution in [2.75, 3.05) is 16.9 Å². The van der Waals surface area contributed by atoms with E-state index in [0.29, 0.717) is 12.1 Å². The van der Waals surface area contributed by atoms with Gasteiger partial charge in [-0.2, -0.15) is 0 Å². The van der Waals surface area contributed by atoms with Crippen LogP contribution in [0.3, 0.4) is 0 Å². The molecule has 0 aliphatic heterocycles. The van der Waals surface area contributed by atoms with Crippen LogP contribution in [0.5, 0.6) is 0 Å².